The summed E-state index contributed by atoms with van der Waals surface area (Å²) in [5.41, 5.74) is 7.97. The maximum absolute atomic E-state index is 13.4. The van der Waals surface area contributed by atoms with E-state index in [1.807, 2.05) is 13.0 Å². The van der Waals surface area contributed by atoms with Crippen molar-refractivity contribution in [3.05, 3.63) is 29.6 Å². The second-order valence-electron chi connectivity index (χ2n) is 5.70. The van der Waals surface area contributed by atoms with E-state index >= 15 is 0 Å². The number of hydrogen-bond acceptors (Lipinski definition) is 3. The van der Waals surface area contributed by atoms with Crippen LogP contribution in [0, 0.1) is 5.82 Å². The fraction of sp³-hybridized carbons (Fsp3) is 0.600. The molecule has 2 rings (SSSR count). The summed E-state index contributed by atoms with van der Waals surface area (Å²) in [5, 5.41) is 0. The van der Waals surface area contributed by atoms with Gasteiger partial charge in [-0.05, 0) is 57.6 Å². The lowest BCUT2D eigenvalue weighted by atomic mass is 10.0. The highest BCUT2D eigenvalue weighted by Crippen LogP contribution is 2.29. The van der Waals surface area contributed by atoms with E-state index in [0.717, 1.165) is 24.3 Å². The van der Waals surface area contributed by atoms with Gasteiger partial charge in [0.1, 0.15) is 5.82 Å². The normalized spacial score (nSPS) is 21.8. The average Bonchev–Trinajstić information content (AvgIpc) is 2.38. The van der Waals surface area contributed by atoms with Crippen LogP contribution in [0.2, 0.25) is 0 Å². The number of benzene rings is 1. The standard InChI is InChI=1S/C15H24FN3/c1-11(17)14-9-12(16)6-7-15(14)19-8-4-5-13(10-19)18(2)3/h6-7,9,11,13H,4-5,8,10,17H2,1-3H3. The summed E-state index contributed by atoms with van der Waals surface area (Å²) in [6, 6.07) is 5.37. The first-order chi connectivity index (χ1) is 8.99. The first-order valence-electron chi connectivity index (χ1n) is 6.95. The van der Waals surface area contributed by atoms with Crippen LogP contribution in [-0.2, 0) is 0 Å². The van der Waals surface area contributed by atoms with Crippen molar-refractivity contribution in [3.8, 4) is 0 Å². The van der Waals surface area contributed by atoms with Gasteiger partial charge in [-0.25, -0.2) is 4.39 Å². The van der Waals surface area contributed by atoms with Gasteiger partial charge in [0.2, 0.25) is 0 Å². The molecule has 2 unspecified atom stereocenters. The lowest BCUT2D eigenvalue weighted by Gasteiger charge is -2.38. The number of likely N-dealkylation sites (N-methyl/N-ethyl adjacent to an activating group) is 1. The Morgan fingerprint density at radius 3 is 2.79 bits per heavy atom. The molecule has 0 aromatic heterocycles. The highest BCUT2D eigenvalue weighted by Gasteiger charge is 2.23. The molecule has 1 fully saturated rings. The van der Waals surface area contributed by atoms with E-state index in [2.05, 4.69) is 23.9 Å². The topological polar surface area (TPSA) is 32.5 Å². The van der Waals surface area contributed by atoms with Crippen LogP contribution in [0.5, 0.6) is 0 Å². The van der Waals surface area contributed by atoms with Gasteiger partial charge in [-0.1, -0.05) is 0 Å². The zero-order chi connectivity index (χ0) is 14.0. The molecule has 1 aliphatic heterocycles. The Hall–Kier alpha value is -1.13. The largest absolute Gasteiger partial charge is 0.370 e. The van der Waals surface area contributed by atoms with Crippen LogP contribution in [-0.4, -0.2) is 38.1 Å². The van der Waals surface area contributed by atoms with Crippen molar-refractivity contribution < 1.29 is 4.39 Å². The molecule has 4 heteroatoms. The van der Waals surface area contributed by atoms with Crippen LogP contribution in [0.15, 0.2) is 18.2 Å². The van der Waals surface area contributed by atoms with Gasteiger partial charge in [0.15, 0.2) is 0 Å². The molecule has 1 aromatic carbocycles. The summed E-state index contributed by atoms with van der Waals surface area (Å²) in [7, 11) is 4.23. The van der Waals surface area contributed by atoms with Crippen LogP contribution in [0.4, 0.5) is 10.1 Å². The molecular formula is C15H24FN3. The first-order valence-corrected chi connectivity index (χ1v) is 6.95. The molecule has 3 nitrogen and oxygen atoms in total. The average molecular weight is 265 g/mol. The third kappa shape index (κ3) is 3.25. The van der Waals surface area contributed by atoms with Crippen LogP contribution in [0.25, 0.3) is 0 Å². The maximum Gasteiger partial charge on any atom is 0.123 e. The smallest absolute Gasteiger partial charge is 0.123 e. The van der Waals surface area contributed by atoms with Crippen LogP contribution in [0.3, 0.4) is 0 Å². The Morgan fingerprint density at radius 1 is 1.42 bits per heavy atom. The molecule has 2 atom stereocenters. The van der Waals surface area contributed by atoms with Crippen molar-refractivity contribution in [2.24, 2.45) is 5.73 Å². The highest BCUT2D eigenvalue weighted by atomic mass is 19.1. The van der Waals surface area contributed by atoms with E-state index < -0.39 is 0 Å². The van der Waals surface area contributed by atoms with Gasteiger partial charge in [0.05, 0.1) is 0 Å². The van der Waals surface area contributed by atoms with Gasteiger partial charge in [-0.15, -0.1) is 0 Å². The SMILES string of the molecule is CC(N)c1cc(F)ccc1N1CCCC(N(C)C)C1. The predicted molar refractivity (Wildman–Crippen MR) is 77.9 cm³/mol. The van der Waals surface area contributed by atoms with E-state index in [4.69, 9.17) is 5.73 Å². The van der Waals surface area contributed by atoms with Crippen molar-refractivity contribution in [1.29, 1.82) is 0 Å². The van der Waals surface area contributed by atoms with Gasteiger partial charge < -0.3 is 15.5 Å². The number of halogens is 1. The van der Waals surface area contributed by atoms with E-state index in [9.17, 15) is 4.39 Å². The zero-order valence-electron chi connectivity index (χ0n) is 12.1. The predicted octanol–water partition coefficient (Wildman–Crippen LogP) is 2.38. The Bertz CT molecular complexity index is 431. The Labute approximate surface area is 115 Å². The lowest BCUT2D eigenvalue weighted by molar-refractivity contribution is 0.258. The summed E-state index contributed by atoms with van der Waals surface area (Å²) in [4.78, 5) is 4.60. The van der Waals surface area contributed by atoms with E-state index in [-0.39, 0.29) is 11.9 Å². The molecule has 0 radical (unpaired) electrons. The molecule has 0 saturated carbocycles. The molecule has 1 aliphatic rings. The van der Waals surface area contributed by atoms with Gasteiger partial charge in [-0.2, -0.15) is 0 Å². The number of anilines is 1. The highest BCUT2D eigenvalue weighted by molar-refractivity contribution is 5.55. The number of hydrogen-bond donors (Lipinski definition) is 1. The molecule has 1 saturated heterocycles. The second-order valence-corrected chi connectivity index (χ2v) is 5.70. The third-order valence-corrected chi connectivity index (χ3v) is 3.95. The maximum atomic E-state index is 13.4. The molecule has 1 aromatic rings. The molecular weight excluding hydrogens is 241 g/mol. The van der Waals surface area contributed by atoms with Crippen LogP contribution in [0.1, 0.15) is 31.4 Å². The molecule has 1 heterocycles. The fourth-order valence-electron chi connectivity index (χ4n) is 2.77. The molecule has 0 amide bonds. The summed E-state index contributed by atoms with van der Waals surface area (Å²) < 4.78 is 13.4. The summed E-state index contributed by atoms with van der Waals surface area (Å²) in [6.07, 6.45) is 2.39. The number of piperidine rings is 1. The third-order valence-electron chi connectivity index (χ3n) is 3.95. The summed E-state index contributed by atoms with van der Waals surface area (Å²) in [6.45, 7) is 3.92. The summed E-state index contributed by atoms with van der Waals surface area (Å²) >= 11 is 0. The molecule has 106 valence electrons. The molecule has 0 bridgehead atoms. The van der Waals surface area contributed by atoms with Gasteiger partial charge >= 0.3 is 0 Å². The minimum atomic E-state index is -0.211. The van der Waals surface area contributed by atoms with E-state index in [0.29, 0.717) is 6.04 Å². The van der Waals surface area contributed by atoms with Gasteiger partial charge in [0, 0.05) is 30.9 Å². The van der Waals surface area contributed by atoms with Crippen LogP contribution < -0.4 is 10.6 Å². The second kappa shape index (κ2) is 5.88. The molecule has 2 N–H and O–H groups in total. The van der Waals surface area contributed by atoms with Crippen molar-refractivity contribution in [1.82, 2.24) is 4.90 Å². The number of nitrogens with zero attached hydrogens (tertiary/aromatic N) is 2. The van der Waals surface area contributed by atoms with Gasteiger partial charge in [-0.3, -0.25) is 0 Å². The number of rotatable bonds is 3. The minimum Gasteiger partial charge on any atom is -0.370 e. The van der Waals surface area contributed by atoms with Gasteiger partial charge in [0.25, 0.3) is 0 Å². The van der Waals surface area contributed by atoms with Crippen molar-refractivity contribution in [3.63, 3.8) is 0 Å². The summed E-state index contributed by atoms with van der Waals surface area (Å²) in [5.74, 6) is -0.211. The number of nitrogens with two attached hydrogens (primary N) is 1. The minimum absolute atomic E-state index is 0.148. The van der Waals surface area contributed by atoms with Crippen molar-refractivity contribution >= 4 is 5.69 Å². The quantitative estimate of drug-likeness (QED) is 0.910. The van der Waals surface area contributed by atoms with Crippen LogP contribution >= 0.6 is 0 Å². The monoisotopic (exact) mass is 265 g/mol. The van der Waals surface area contributed by atoms with E-state index in [1.54, 1.807) is 6.07 Å². The zero-order valence-corrected chi connectivity index (χ0v) is 12.1. The molecule has 0 aliphatic carbocycles. The lowest BCUT2D eigenvalue weighted by Crippen LogP contribution is -2.45. The first kappa shape index (κ1) is 14.3. The molecule has 0 spiro atoms. The Balaban J connectivity index is 2.25. The Morgan fingerprint density at radius 2 is 2.16 bits per heavy atom. The van der Waals surface area contributed by atoms with Crippen molar-refractivity contribution in [2.75, 3.05) is 32.1 Å². The fourth-order valence-corrected chi connectivity index (χ4v) is 2.77. The Kier molecular flexibility index (Phi) is 4.42. The van der Waals surface area contributed by atoms with Crippen molar-refractivity contribution in [2.45, 2.75) is 31.8 Å². The van der Waals surface area contributed by atoms with E-state index in [1.165, 1.54) is 18.9 Å². The molecule has 19 heavy (non-hydrogen) atoms.